The van der Waals surface area contributed by atoms with Crippen molar-refractivity contribution < 1.29 is 13.9 Å². The predicted molar refractivity (Wildman–Crippen MR) is 115 cm³/mol. The van der Waals surface area contributed by atoms with E-state index in [0.717, 1.165) is 16.3 Å². The van der Waals surface area contributed by atoms with Gasteiger partial charge in [-0.15, -0.1) is 0 Å². The molecule has 4 aromatic rings. The minimum absolute atomic E-state index is 0.0283. The molecule has 0 spiro atoms. The lowest BCUT2D eigenvalue weighted by Gasteiger charge is -2.16. The number of Topliss-reactive ketones (excluding diaryl/α,β-unsaturated/α-hetero) is 1. The number of nitrogens with one attached hydrogen (secondary N) is 1. The van der Waals surface area contributed by atoms with Crippen LogP contribution in [-0.2, 0) is 13.0 Å². The monoisotopic (exact) mass is 418 g/mol. The van der Waals surface area contributed by atoms with Crippen molar-refractivity contribution in [2.75, 3.05) is 7.11 Å². The Hall–Kier alpha value is -4.00. The Morgan fingerprint density at radius 3 is 2.45 bits per heavy atom. The highest BCUT2D eigenvalue weighted by molar-refractivity contribution is 5.96. The predicted octanol–water partition coefficient (Wildman–Crippen LogP) is 3.31. The van der Waals surface area contributed by atoms with Crippen molar-refractivity contribution in [3.05, 3.63) is 110 Å². The molecule has 0 saturated carbocycles. The number of fused-ring (bicyclic) bond motifs is 1. The summed E-state index contributed by atoms with van der Waals surface area (Å²) in [4.78, 5) is 40.0. The normalized spacial score (nSPS) is 10.9. The van der Waals surface area contributed by atoms with Gasteiger partial charge in [-0.2, -0.15) is 0 Å². The molecule has 0 bridgehead atoms. The number of rotatable bonds is 6. The summed E-state index contributed by atoms with van der Waals surface area (Å²) in [7, 11) is 1.34. The average Bonchev–Trinajstić information content (AvgIpc) is 2.77. The summed E-state index contributed by atoms with van der Waals surface area (Å²) < 4.78 is 19.7. The van der Waals surface area contributed by atoms with E-state index in [9.17, 15) is 18.8 Å². The Labute approximate surface area is 176 Å². The van der Waals surface area contributed by atoms with Gasteiger partial charge in [-0.25, -0.2) is 9.18 Å². The van der Waals surface area contributed by atoms with Gasteiger partial charge in [-0.1, -0.05) is 42.5 Å². The van der Waals surface area contributed by atoms with E-state index >= 15 is 0 Å². The van der Waals surface area contributed by atoms with Gasteiger partial charge in [-0.3, -0.25) is 19.1 Å². The minimum Gasteiger partial charge on any atom is -0.490 e. The smallest absolute Gasteiger partial charge is 0.329 e. The third-order valence-corrected chi connectivity index (χ3v) is 5.17. The molecule has 31 heavy (non-hydrogen) atoms. The minimum atomic E-state index is -0.712. The van der Waals surface area contributed by atoms with Gasteiger partial charge in [0.15, 0.2) is 5.78 Å². The van der Waals surface area contributed by atoms with Crippen molar-refractivity contribution in [3.8, 4) is 5.75 Å². The highest BCUT2D eigenvalue weighted by atomic mass is 19.1. The van der Waals surface area contributed by atoms with Crippen LogP contribution in [0.3, 0.4) is 0 Å². The molecule has 0 radical (unpaired) electrons. The maximum Gasteiger partial charge on any atom is 0.329 e. The second kappa shape index (κ2) is 8.39. The molecular weight excluding hydrogens is 399 g/mol. The number of H-pyrrole nitrogens is 1. The highest BCUT2D eigenvalue weighted by Gasteiger charge is 2.19. The molecule has 0 fully saturated rings. The van der Waals surface area contributed by atoms with Gasteiger partial charge in [0.1, 0.15) is 5.82 Å². The van der Waals surface area contributed by atoms with Crippen LogP contribution < -0.4 is 16.0 Å². The number of carbonyl (C=O) groups is 1. The maximum absolute atomic E-state index is 13.2. The lowest BCUT2D eigenvalue weighted by atomic mass is 10.00. The Morgan fingerprint density at radius 1 is 1.00 bits per heavy atom. The molecule has 6 nitrogen and oxygen atoms in total. The summed E-state index contributed by atoms with van der Waals surface area (Å²) in [5.74, 6) is -0.883. The van der Waals surface area contributed by atoms with Crippen molar-refractivity contribution in [2.45, 2.75) is 13.0 Å². The maximum atomic E-state index is 13.2. The molecule has 3 aromatic carbocycles. The number of nitrogens with zero attached hydrogens (tertiary/aromatic N) is 1. The van der Waals surface area contributed by atoms with Crippen molar-refractivity contribution in [1.29, 1.82) is 0 Å². The number of ketones is 1. The third-order valence-electron chi connectivity index (χ3n) is 5.17. The number of benzene rings is 3. The van der Waals surface area contributed by atoms with Crippen LogP contribution in [0, 0.1) is 5.82 Å². The SMILES string of the molecule is COc1c(Cc2cccc3ccccc23)n(CC(=O)c2ccc(F)cc2)c(=O)[nH]c1=O. The van der Waals surface area contributed by atoms with E-state index in [1.807, 2.05) is 42.5 Å². The number of carbonyl (C=O) groups excluding carboxylic acids is 1. The Kier molecular flexibility index (Phi) is 5.49. The summed E-state index contributed by atoms with van der Waals surface area (Å²) in [5, 5.41) is 1.98. The van der Waals surface area contributed by atoms with Crippen LogP contribution in [0.5, 0.6) is 5.75 Å². The number of halogens is 1. The van der Waals surface area contributed by atoms with E-state index in [4.69, 9.17) is 4.74 Å². The molecule has 0 aliphatic heterocycles. The topological polar surface area (TPSA) is 81.2 Å². The summed E-state index contributed by atoms with van der Waals surface area (Å²) in [6.45, 7) is -0.322. The van der Waals surface area contributed by atoms with Gasteiger partial charge in [0.05, 0.1) is 19.3 Å². The molecule has 1 heterocycles. The molecule has 0 amide bonds. The Bertz CT molecular complexity index is 1380. The number of hydrogen-bond donors (Lipinski definition) is 1. The number of hydrogen-bond acceptors (Lipinski definition) is 4. The molecule has 1 N–H and O–H groups in total. The van der Waals surface area contributed by atoms with E-state index in [2.05, 4.69) is 4.98 Å². The van der Waals surface area contributed by atoms with Gasteiger partial charge >= 0.3 is 5.69 Å². The quantitative estimate of drug-likeness (QED) is 0.487. The molecule has 156 valence electrons. The lowest BCUT2D eigenvalue weighted by Crippen LogP contribution is -2.35. The Balaban J connectivity index is 1.82. The summed E-state index contributed by atoms with van der Waals surface area (Å²) in [6, 6.07) is 18.6. The number of methoxy groups -OCH3 is 1. The number of aromatic nitrogens is 2. The van der Waals surface area contributed by atoms with Crippen LogP contribution in [0.25, 0.3) is 10.8 Å². The van der Waals surface area contributed by atoms with Gasteiger partial charge in [0.25, 0.3) is 5.56 Å². The zero-order valence-corrected chi connectivity index (χ0v) is 16.7. The van der Waals surface area contributed by atoms with Crippen molar-refractivity contribution >= 4 is 16.6 Å². The fourth-order valence-corrected chi connectivity index (χ4v) is 3.65. The fraction of sp³-hybridized carbons (Fsp3) is 0.125. The van der Waals surface area contributed by atoms with Gasteiger partial charge in [-0.05, 0) is 40.6 Å². The first-order valence-electron chi connectivity index (χ1n) is 9.63. The van der Waals surface area contributed by atoms with Crippen LogP contribution in [0.2, 0.25) is 0 Å². The molecule has 0 atom stereocenters. The third kappa shape index (κ3) is 4.02. The zero-order chi connectivity index (χ0) is 22.0. The number of ether oxygens (including phenoxy) is 1. The van der Waals surface area contributed by atoms with Gasteiger partial charge in [0.2, 0.25) is 5.75 Å². The molecule has 4 rings (SSSR count). The van der Waals surface area contributed by atoms with Crippen molar-refractivity contribution in [3.63, 3.8) is 0 Å². The van der Waals surface area contributed by atoms with Crippen LogP contribution in [0.15, 0.2) is 76.3 Å². The molecule has 0 saturated heterocycles. The van der Waals surface area contributed by atoms with Crippen molar-refractivity contribution in [1.82, 2.24) is 9.55 Å². The molecule has 0 unspecified atom stereocenters. The van der Waals surface area contributed by atoms with Crippen LogP contribution >= 0.6 is 0 Å². The molecule has 7 heteroatoms. The average molecular weight is 418 g/mol. The van der Waals surface area contributed by atoms with E-state index in [0.29, 0.717) is 5.69 Å². The second-order valence-corrected chi connectivity index (χ2v) is 7.07. The highest BCUT2D eigenvalue weighted by Crippen LogP contribution is 2.23. The second-order valence-electron chi connectivity index (χ2n) is 7.07. The number of aromatic amines is 1. The fourth-order valence-electron chi connectivity index (χ4n) is 3.65. The van der Waals surface area contributed by atoms with E-state index < -0.39 is 22.8 Å². The van der Waals surface area contributed by atoms with E-state index in [1.165, 1.54) is 35.9 Å². The zero-order valence-electron chi connectivity index (χ0n) is 16.7. The summed E-state index contributed by atoms with van der Waals surface area (Å²) in [5.41, 5.74) is 0.0618. The summed E-state index contributed by atoms with van der Waals surface area (Å²) >= 11 is 0. The standard InChI is InChI=1S/C24H19FN2O4/c1-31-22-20(13-17-7-4-6-15-5-2-3-8-19(15)17)27(24(30)26-23(22)29)14-21(28)16-9-11-18(25)12-10-16/h2-12H,13-14H2,1H3,(H,26,29,30). The molecule has 0 aliphatic rings. The largest absolute Gasteiger partial charge is 0.490 e. The van der Waals surface area contributed by atoms with Gasteiger partial charge in [0, 0.05) is 12.0 Å². The van der Waals surface area contributed by atoms with E-state index in [1.54, 1.807) is 0 Å². The van der Waals surface area contributed by atoms with Gasteiger partial charge < -0.3 is 4.74 Å². The molecule has 0 aliphatic carbocycles. The van der Waals surface area contributed by atoms with Crippen LogP contribution in [0.1, 0.15) is 21.6 Å². The molecular formula is C24H19FN2O4. The first-order chi connectivity index (χ1) is 15.0. The van der Waals surface area contributed by atoms with Crippen LogP contribution in [-0.4, -0.2) is 22.4 Å². The van der Waals surface area contributed by atoms with E-state index in [-0.39, 0.29) is 24.3 Å². The van der Waals surface area contributed by atoms with Crippen molar-refractivity contribution in [2.24, 2.45) is 0 Å². The summed E-state index contributed by atoms with van der Waals surface area (Å²) in [6.07, 6.45) is 0.209. The first-order valence-corrected chi connectivity index (χ1v) is 9.63. The van der Waals surface area contributed by atoms with Crippen LogP contribution in [0.4, 0.5) is 4.39 Å². The Morgan fingerprint density at radius 2 is 1.71 bits per heavy atom. The lowest BCUT2D eigenvalue weighted by molar-refractivity contribution is 0.0968. The molecule has 1 aromatic heterocycles. The first kappa shape index (κ1) is 20.3.